The van der Waals surface area contributed by atoms with E-state index in [0.717, 1.165) is 11.1 Å². The molecule has 1 atom stereocenters. The molecule has 136 valence electrons. The van der Waals surface area contributed by atoms with E-state index in [4.69, 9.17) is 0 Å². The third kappa shape index (κ3) is 3.32. The van der Waals surface area contributed by atoms with Crippen molar-refractivity contribution in [1.29, 1.82) is 0 Å². The summed E-state index contributed by atoms with van der Waals surface area (Å²) in [7, 11) is 0. The fourth-order valence-electron chi connectivity index (χ4n) is 3.43. The first kappa shape index (κ1) is 17.7. The average Bonchev–Trinajstić information content (AvgIpc) is 2.68. The first-order valence-electron chi connectivity index (χ1n) is 8.54. The fourth-order valence-corrected chi connectivity index (χ4v) is 3.75. The van der Waals surface area contributed by atoms with Crippen LogP contribution in [0.2, 0.25) is 0 Å². The Morgan fingerprint density at radius 3 is 2.37 bits per heavy atom. The molecule has 27 heavy (non-hydrogen) atoms. The largest absolute Gasteiger partial charge is 0.331 e. The summed E-state index contributed by atoms with van der Waals surface area (Å²) in [6.45, 7) is 0.782. The first-order chi connectivity index (χ1) is 13.0. The van der Waals surface area contributed by atoms with Gasteiger partial charge < -0.3 is 4.90 Å². The van der Waals surface area contributed by atoms with Gasteiger partial charge in [-0.2, -0.15) is 0 Å². The van der Waals surface area contributed by atoms with Crippen molar-refractivity contribution in [2.75, 3.05) is 6.54 Å². The molecular weight excluding hydrogens is 411 g/mol. The van der Waals surface area contributed by atoms with Gasteiger partial charge in [-0.1, -0.05) is 42.5 Å². The van der Waals surface area contributed by atoms with Crippen molar-refractivity contribution >= 4 is 21.8 Å². The Bertz CT molecular complexity index is 1050. The molecule has 4 rings (SSSR count). The van der Waals surface area contributed by atoms with Crippen molar-refractivity contribution in [3.8, 4) is 0 Å². The predicted molar refractivity (Wildman–Crippen MR) is 104 cm³/mol. The SMILES string of the molecule is O=C1c2ccc(Br)c(=O)n2C(c2ccc(F)cc2)CN1Cc1ccccc1. The molecule has 0 fully saturated rings. The van der Waals surface area contributed by atoms with Gasteiger partial charge in [0.05, 0.1) is 10.5 Å². The van der Waals surface area contributed by atoms with Gasteiger partial charge in [-0.3, -0.25) is 14.2 Å². The van der Waals surface area contributed by atoms with E-state index in [0.29, 0.717) is 23.3 Å². The quantitative estimate of drug-likeness (QED) is 0.635. The minimum absolute atomic E-state index is 0.193. The van der Waals surface area contributed by atoms with Crippen LogP contribution in [0, 0.1) is 5.82 Å². The second kappa shape index (κ2) is 7.12. The minimum atomic E-state index is -0.382. The summed E-state index contributed by atoms with van der Waals surface area (Å²) >= 11 is 3.26. The number of amides is 1. The zero-order valence-electron chi connectivity index (χ0n) is 14.3. The van der Waals surface area contributed by atoms with Gasteiger partial charge >= 0.3 is 0 Å². The molecule has 0 spiro atoms. The van der Waals surface area contributed by atoms with Crippen LogP contribution in [0.1, 0.15) is 27.7 Å². The van der Waals surface area contributed by atoms with Gasteiger partial charge in [-0.25, -0.2) is 4.39 Å². The monoisotopic (exact) mass is 426 g/mol. The molecule has 0 saturated heterocycles. The first-order valence-corrected chi connectivity index (χ1v) is 9.33. The number of carbonyl (C=O) groups excluding carboxylic acids is 1. The standard InChI is InChI=1S/C21H16BrFN2O2/c22-17-10-11-18-21(27)24(12-14-4-2-1-3-5-14)13-19(25(18)20(17)26)15-6-8-16(23)9-7-15/h1-11,19H,12-13H2. The fraction of sp³-hybridized carbons (Fsp3) is 0.143. The zero-order chi connectivity index (χ0) is 19.0. The maximum Gasteiger partial charge on any atom is 0.270 e. The number of halogens is 2. The van der Waals surface area contributed by atoms with E-state index >= 15 is 0 Å². The molecule has 0 aliphatic carbocycles. The second-order valence-electron chi connectivity index (χ2n) is 6.48. The van der Waals surface area contributed by atoms with Crippen molar-refractivity contribution in [3.05, 3.63) is 104 Å². The molecule has 6 heteroatoms. The second-order valence-corrected chi connectivity index (χ2v) is 7.33. The van der Waals surface area contributed by atoms with E-state index < -0.39 is 0 Å². The highest BCUT2D eigenvalue weighted by Crippen LogP contribution is 2.28. The molecule has 1 aliphatic rings. The van der Waals surface area contributed by atoms with Crippen molar-refractivity contribution in [3.63, 3.8) is 0 Å². The number of hydrogen-bond donors (Lipinski definition) is 0. The van der Waals surface area contributed by atoms with Crippen LogP contribution in [0.5, 0.6) is 0 Å². The summed E-state index contributed by atoms with van der Waals surface area (Å²) in [6.07, 6.45) is 0. The lowest BCUT2D eigenvalue weighted by molar-refractivity contribution is 0.0665. The summed E-state index contributed by atoms with van der Waals surface area (Å²) in [5.41, 5.74) is 1.86. The summed E-state index contributed by atoms with van der Waals surface area (Å²) < 4.78 is 15.3. The maximum atomic E-state index is 13.4. The Hall–Kier alpha value is -2.73. The number of fused-ring (bicyclic) bond motifs is 1. The lowest BCUT2D eigenvalue weighted by Crippen LogP contribution is -2.47. The van der Waals surface area contributed by atoms with Crippen LogP contribution in [0.3, 0.4) is 0 Å². The molecule has 0 saturated carbocycles. The number of nitrogens with zero attached hydrogens (tertiary/aromatic N) is 2. The number of aromatic nitrogens is 1. The highest BCUT2D eigenvalue weighted by Gasteiger charge is 2.33. The molecule has 1 aliphatic heterocycles. The summed E-state index contributed by atoms with van der Waals surface area (Å²) in [6, 6.07) is 18.6. The number of hydrogen-bond acceptors (Lipinski definition) is 2. The minimum Gasteiger partial charge on any atom is -0.331 e. The Labute approximate surface area is 164 Å². The topological polar surface area (TPSA) is 42.3 Å². The Balaban J connectivity index is 1.81. The van der Waals surface area contributed by atoms with Gasteiger partial charge in [0.25, 0.3) is 11.5 Å². The maximum absolute atomic E-state index is 13.4. The van der Waals surface area contributed by atoms with E-state index in [2.05, 4.69) is 15.9 Å². The molecule has 1 amide bonds. The Morgan fingerprint density at radius 1 is 0.963 bits per heavy atom. The van der Waals surface area contributed by atoms with Crippen LogP contribution in [0.4, 0.5) is 4.39 Å². The normalized spacial score (nSPS) is 16.3. The molecule has 4 nitrogen and oxygen atoms in total. The summed E-state index contributed by atoms with van der Waals surface area (Å²) in [5, 5.41) is 0. The van der Waals surface area contributed by atoms with Crippen molar-refractivity contribution in [1.82, 2.24) is 9.47 Å². The van der Waals surface area contributed by atoms with Crippen molar-refractivity contribution < 1.29 is 9.18 Å². The molecular formula is C21H16BrFN2O2. The molecule has 0 bridgehead atoms. The van der Waals surface area contributed by atoms with Gasteiger partial charge in [0.1, 0.15) is 11.5 Å². The lowest BCUT2D eigenvalue weighted by Gasteiger charge is -2.36. The van der Waals surface area contributed by atoms with Crippen LogP contribution in [0.15, 0.2) is 76.0 Å². The van der Waals surface area contributed by atoms with Gasteiger partial charge in [-0.05, 0) is 51.3 Å². The third-order valence-electron chi connectivity index (χ3n) is 4.75. The van der Waals surface area contributed by atoms with Crippen molar-refractivity contribution in [2.45, 2.75) is 12.6 Å². The highest BCUT2D eigenvalue weighted by molar-refractivity contribution is 9.10. The Kier molecular flexibility index (Phi) is 4.66. The predicted octanol–water partition coefficient (Wildman–Crippen LogP) is 4.00. The molecule has 1 aromatic heterocycles. The van der Waals surface area contributed by atoms with Crippen LogP contribution in [-0.2, 0) is 6.54 Å². The Morgan fingerprint density at radius 2 is 1.67 bits per heavy atom. The van der Waals surface area contributed by atoms with Crippen LogP contribution in [-0.4, -0.2) is 21.9 Å². The van der Waals surface area contributed by atoms with Crippen LogP contribution in [0.25, 0.3) is 0 Å². The van der Waals surface area contributed by atoms with E-state index in [1.54, 1.807) is 29.2 Å². The summed E-state index contributed by atoms with van der Waals surface area (Å²) in [4.78, 5) is 27.5. The van der Waals surface area contributed by atoms with E-state index in [1.807, 2.05) is 30.3 Å². The van der Waals surface area contributed by atoms with Gasteiger partial charge in [-0.15, -0.1) is 0 Å². The number of carbonyl (C=O) groups is 1. The van der Waals surface area contributed by atoms with Crippen LogP contribution < -0.4 is 5.56 Å². The van der Waals surface area contributed by atoms with Crippen molar-refractivity contribution in [2.24, 2.45) is 0 Å². The van der Waals surface area contributed by atoms with Gasteiger partial charge in [0, 0.05) is 13.1 Å². The van der Waals surface area contributed by atoms with Crippen LogP contribution >= 0.6 is 15.9 Å². The zero-order valence-corrected chi connectivity index (χ0v) is 15.9. The number of rotatable bonds is 3. The molecule has 3 aromatic rings. The van der Waals surface area contributed by atoms with Gasteiger partial charge in [0.15, 0.2) is 0 Å². The summed E-state index contributed by atoms with van der Waals surface area (Å²) in [5.74, 6) is -0.532. The lowest BCUT2D eigenvalue weighted by atomic mass is 10.0. The molecule has 1 unspecified atom stereocenters. The highest BCUT2D eigenvalue weighted by atomic mass is 79.9. The van der Waals surface area contributed by atoms with E-state index in [9.17, 15) is 14.0 Å². The smallest absolute Gasteiger partial charge is 0.270 e. The number of benzene rings is 2. The molecule has 0 radical (unpaired) electrons. The molecule has 2 heterocycles. The average molecular weight is 427 g/mol. The van der Waals surface area contributed by atoms with E-state index in [-0.39, 0.29) is 23.3 Å². The van der Waals surface area contributed by atoms with E-state index in [1.165, 1.54) is 16.7 Å². The molecule has 0 N–H and O–H groups in total. The molecule has 2 aromatic carbocycles. The van der Waals surface area contributed by atoms with Gasteiger partial charge in [0.2, 0.25) is 0 Å². The number of pyridine rings is 1. The third-order valence-corrected chi connectivity index (χ3v) is 5.36.